The Morgan fingerprint density at radius 3 is 2.53 bits per heavy atom. The number of carbonyl (C=O) groups excluding carboxylic acids is 1. The number of hydrogen-bond acceptors (Lipinski definition) is 8. The van der Waals surface area contributed by atoms with Crippen molar-refractivity contribution in [3.05, 3.63) is 64.5 Å². The fourth-order valence-corrected chi connectivity index (χ4v) is 5.11. The molecule has 3 unspecified atom stereocenters. The standard InChI is InChI=1S/C25H29NO7S/c1-26(2)21(28)13-32-18-8-7-14(9-16-11-15-5-3-4-6-20(15)34-16)10-17(18)25-24(31)23(30)22(29)19(12-27)33-25/h3-8,10-11,19,22-25,27,29-31H,9,12-13H2,1-2H3/t19?,22-,23?,24-,25?/m1/s1. The van der Waals surface area contributed by atoms with E-state index in [1.54, 1.807) is 31.5 Å². The Hall–Kier alpha value is -2.53. The number of carbonyl (C=O) groups is 1. The molecule has 1 aliphatic rings. The summed E-state index contributed by atoms with van der Waals surface area (Å²) in [5, 5.41) is 41.9. The van der Waals surface area contributed by atoms with E-state index >= 15 is 0 Å². The topological polar surface area (TPSA) is 120 Å². The molecule has 0 spiro atoms. The van der Waals surface area contributed by atoms with E-state index in [0.29, 0.717) is 17.7 Å². The molecule has 9 heteroatoms. The highest BCUT2D eigenvalue weighted by atomic mass is 32.1. The summed E-state index contributed by atoms with van der Waals surface area (Å²) in [6.07, 6.45) is -5.92. The van der Waals surface area contributed by atoms with Crippen molar-refractivity contribution in [1.82, 2.24) is 4.90 Å². The van der Waals surface area contributed by atoms with Crippen LogP contribution in [0.1, 0.15) is 22.1 Å². The first kappa shape index (κ1) is 24.6. The zero-order valence-corrected chi connectivity index (χ0v) is 19.8. The minimum Gasteiger partial charge on any atom is -0.483 e. The molecule has 5 atom stereocenters. The van der Waals surface area contributed by atoms with Crippen LogP contribution >= 0.6 is 11.3 Å². The van der Waals surface area contributed by atoms with Crippen molar-refractivity contribution in [3.63, 3.8) is 0 Å². The summed E-state index contributed by atoms with van der Waals surface area (Å²) in [5.74, 6) is 0.0775. The van der Waals surface area contributed by atoms with Crippen LogP contribution < -0.4 is 4.74 Å². The minimum absolute atomic E-state index is 0.215. The molecule has 2 heterocycles. The van der Waals surface area contributed by atoms with Crippen LogP contribution in [0.25, 0.3) is 10.1 Å². The smallest absolute Gasteiger partial charge is 0.259 e. The third-order valence-electron chi connectivity index (χ3n) is 5.98. The summed E-state index contributed by atoms with van der Waals surface area (Å²) in [6, 6.07) is 15.7. The molecular formula is C25H29NO7S. The molecule has 4 rings (SSSR count). The first-order valence-corrected chi connectivity index (χ1v) is 11.8. The largest absolute Gasteiger partial charge is 0.483 e. The molecule has 0 radical (unpaired) electrons. The van der Waals surface area contributed by atoms with Crippen molar-refractivity contribution in [2.24, 2.45) is 0 Å². The lowest BCUT2D eigenvalue weighted by Gasteiger charge is -2.40. The van der Waals surface area contributed by atoms with E-state index in [9.17, 15) is 25.2 Å². The molecule has 0 aliphatic carbocycles. The summed E-state index contributed by atoms with van der Waals surface area (Å²) in [6.45, 7) is -0.745. The first-order chi connectivity index (χ1) is 16.3. The zero-order valence-electron chi connectivity index (χ0n) is 19.0. The highest BCUT2D eigenvalue weighted by Crippen LogP contribution is 2.38. The molecule has 8 nitrogen and oxygen atoms in total. The predicted octanol–water partition coefficient (Wildman–Crippen LogP) is 1.47. The first-order valence-electron chi connectivity index (χ1n) is 11.0. The second-order valence-electron chi connectivity index (χ2n) is 8.63. The van der Waals surface area contributed by atoms with Gasteiger partial charge in [-0.1, -0.05) is 24.3 Å². The van der Waals surface area contributed by atoms with Crippen molar-refractivity contribution in [3.8, 4) is 5.75 Å². The van der Waals surface area contributed by atoms with Crippen LogP contribution in [-0.4, -0.2) is 83.0 Å². The Balaban J connectivity index is 1.67. The second kappa shape index (κ2) is 10.4. The molecule has 1 amide bonds. The number of hydrogen-bond donors (Lipinski definition) is 4. The van der Waals surface area contributed by atoms with Crippen molar-refractivity contribution in [1.29, 1.82) is 0 Å². The Labute approximate surface area is 201 Å². The number of aliphatic hydroxyl groups is 4. The number of nitrogens with zero attached hydrogens (tertiary/aromatic N) is 1. The number of aliphatic hydroxyl groups excluding tert-OH is 4. The monoisotopic (exact) mass is 487 g/mol. The molecule has 3 aromatic rings. The van der Waals surface area contributed by atoms with Gasteiger partial charge in [-0.3, -0.25) is 4.79 Å². The summed E-state index contributed by atoms with van der Waals surface area (Å²) in [4.78, 5) is 14.6. The molecular weight excluding hydrogens is 458 g/mol. The summed E-state index contributed by atoms with van der Waals surface area (Å²) in [7, 11) is 3.25. The van der Waals surface area contributed by atoms with Gasteiger partial charge >= 0.3 is 0 Å². The zero-order chi connectivity index (χ0) is 24.4. The van der Waals surface area contributed by atoms with Crippen LogP contribution in [0.2, 0.25) is 0 Å². The second-order valence-corrected chi connectivity index (χ2v) is 9.79. The highest BCUT2D eigenvalue weighted by molar-refractivity contribution is 7.19. The third kappa shape index (κ3) is 5.10. The van der Waals surface area contributed by atoms with Crippen LogP contribution in [0, 0.1) is 0 Å². The average Bonchev–Trinajstić information content (AvgIpc) is 3.24. The fourth-order valence-electron chi connectivity index (χ4n) is 4.01. The molecule has 182 valence electrons. The fraction of sp³-hybridized carbons (Fsp3) is 0.400. The lowest BCUT2D eigenvalue weighted by Crippen LogP contribution is -2.55. The molecule has 0 saturated carbocycles. The van der Waals surface area contributed by atoms with Gasteiger partial charge in [0.25, 0.3) is 5.91 Å². The summed E-state index contributed by atoms with van der Waals surface area (Å²) >= 11 is 1.69. The maximum absolute atomic E-state index is 12.1. The van der Waals surface area contributed by atoms with Gasteiger partial charge in [-0.2, -0.15) is 0 Å². The van der Waals surface area contributed by atoms with E-state index in [0.717, 1.165) is 10.4 Å². The van der Waals surface area contributed by atoms with Crippen LogP contribution in [0.3, 0.4) is 0 Å². The van der Waals surface area contributed by atoms with E-state index in [1.165, 1.54) is 15.0 Å². The maximum Gasteiger partial charge on any atom is 0.259 e. The maximum atomic E-state index is 12.1. The number of amides is 1. The van der Waals surface area contributed by atoms with E-state index < -0.39 is 37.1 Å². The SMILES string of the molecule is CN(C)C(=O)COc1ccc(Cc2cc3ccccc3s2)cc1C1OC(CO)[C@@H](O)C(O)[C@H]1O. The van der Waals surface area contributed by atoms with Gasteiger partial charge in [-0.05, 0) is 35.2 Å². The molecule has 1 saturated heterocycles. The van der Waals surface area contributed by atoms with Crippen molar-refractivity contribution in [2.45, 2.75) is 36.9 Å². The summed E-state index contributed by atoms with van der Waals surface area (Å²) in [5.41, 5.74) is 1.35. The number of benzene rings is 2. The van der Waals surface area contributed by atoms with E-state index in [2.05, 4.69) is 18.2 Å². The number of rotatable bonds is 7. The van der Waals surface area contributed by atoms with Crippen molar-refractivity contribution < 1.29 is 34.7 Å². The van der Waals surface area contributed by atoms with Gasteiger partial charge in [-0.25, -0.2) is 0 Å². The third-order valence-corrected chi connectivity index (χ3v) is 7.09. The van der Waals surface area contributed by atoms with Crippen LogP contribution in [-0.2, 0) is 16.0 Å². The average molecular weight is 488 g/mol. The van der Waals surface area contributed by atoms with Gasteiger partial charge < -0.3 is 34.8 Å². The molecule has 34 heavy (non-hydrogen) atoms. The number of fused-ring (bicyclic) bond motifs is 1. The van der Waals surface area contributed by atoms with E-state index in [-0.39, 0.29) is 12.5 Å². The molecule has 2 aromatic carbocycles. The normalized spacial score (nSPS) is 24.8. The number of thiophene rings is 1. The van der Waals surface area contributed by atoms with Crippen LogP contribution in [0.15, 0.2) is 48.5 Å². The van der Waals surface area contributed by atoms with Gasteiger partial charge in [0.15, 0.2) is 6.61 Å². The van der Waals surface area contributed by atoms with E-state index in [4.69, 9.17) is 9.47 Å². The van der Waals surface area contributed by atoms with Gasteiger partial charge in [0.1, 0.15) is 36.3 Å². The molecule has 0 bridgehead atoms. The van der Waals surface area contributed by atoms with Crippen LogP contribution in [0.5, 0.6) is 5.75 Å². The molecule has 1 aromatic heterocycles. The highest BCUT2D eigenvalue weighted by Gasteiger charge is 2.45. The lowest BCUT2D eigenvalue weighted by molar-refractivity contribution is -0.232. The van der Waals surface area contributed by atoms with E-state index in [1.807, 2.05) is 24.3 Å². The number of likely N-dealkylation sites (N-methyl/N-ethyl adjacent to an activating group) is 1. The summed E-state index contributed by atoms with van der Waals surface area (Å²) < 4.78 is 12.7. The Morgan fingerprint density at radius 2 is 1.82 bits per heavy atom. The minimum atomic E-state index is -1.52. The number of ether oxygens (including phenoxy) is 2. The predicted molar refractivity (Wildman–Crippen MR) is 128 cm³/mol. The molecule has 4 N–H and O–H groups in total. The Kier molecular flexibility index (Phi) is 7.51. The Morgan fingerprint density at radius 1 is 1.06 bits per heavy atom. The Bertz CT molecular complexity index is 1110. The van der Waals surface area contributed by atoms with Gasteiger partial charge in [0, 0.05) is 35.7 Å². The molecule has 1 fully saturated rings. The van der Waals surface area contributed by atoms with Crippen LogP contribution in [0.4, 0.5) is 0 Å². The van der Waals surface area contributed by atoms with Gasteiger partial charge in [0.2, 0.25) is 0 Å². The van der Waals surface area contributed by atoms with Crippen molar-refractivity contribution in [2.75, 3.05) is 27.3 Å². The van der Waals surface area contributed by atoms with Gasteiger partial charge in [-0.15, -0.1) is 11.3 Å². The molecule has 1 aliphatic heterocycles. The lowest BCUT2D eigenvalue weighted by atomic mass is 9.90. The van der Waals surface area contributed by atoms with Gasteiger partial charge in [0.05, 0.1) is 6.61 Å². The quantitative estimate of drug-likeness (QED) is 0.398. The van der Waals surface area contributed by atoms with Crippen molar-refractivity contribution >= 4 is 27.3 Å².